The molecule has 1 fully saturated rings. The Kier molecular flexibility index (Phi) is 4.05. The first kappa shape index (κ1) is 13.8. The Morgan fingerprint density at radius 3 is 2.84 bits per heavy atom. The third-order valence-electron chi connectivity index (χ3n) is 3.06. The molecule has 0 aromatic carbocycles. The fourth-order valence-electron chi connectivity index (χ4n) is 1.97. The second-order valence-electron chi connectivity index (χ2n) is 4.69. The summed E-state index contributed by atoms with van der Waals surface area (Å²) in [5.41, 5.74) is 1.07. The van der Waals surface area contributed by atoms with Crippen LogP contribution >= 0.6 is 11.8 Å². The Labute approximate surface area is 116 Å². The number of carbonyl (C=O) groups excluding carboxylic acids is 2. The number of nitrogens with zero attached hydrogens (tertiary/aromatic N) is 3. The van der Waals surface area contributed by atoms with Gasteiger partial charge in [-0.05, 0) is 32.1 Å². The Hall–Kier alpha value is -1.61. The molecule has 0 aliphatic heterocycles. The average Bonchev–Trinajstić information content (AvgIpc) is 3.15. The van der Waals surface area contributed by atoms with Gasteiger partial charge in [0.1, 0.15) is 5.69 Å². The highest BCUT2D eigenvalue weighted by Crippen LogP contribution is 2.33. The highest BCUT2D eigenvalue weighted by molar-refractivity contribution is 7.97. The third-order valence-corrected chi connectivity index (χ3v) is 3.56. The molecule has 1 aliphatic carbocycles. The van der Waals surface area contributed by atoms with Crippen LogP contribution in [0.15, 0.2) is 6.07 Å². The molecule has 0 bridgehead atoms. The zero-order valence-corrected chi connectivity index (χ0v) is 11.7. The van der Waals surface area contributed by atoms with Crippen molar-refractivity contribution < 1.29 is 9.59 Å². The van der Waals surface area contributed by atoms with Gasteiger partial charge in [-0.3, -0.25) is 14.3 Å². The number of carbonyl (C=O) groups is 2. The standard InChI is InChI=1S/C13H15N3O2S/c1-8-5-11(16(15-8)7-19-2)13(18)10(6-14)12(17)9-3-4-9/h5,9-10H,3-4,7H2,1-2H3. The van der Waals surface area contributed by atoms with Gasteiger partial charge in [0.25, 0.3) is 0 Å². The van der Waals surface area contributed by atoms with Gasteiger partial charge in [-0.2, -0.15) is 10.4 Å². The van der Waals surface area contributed by atoms with E-state index >= 15 is 0 Å². The van der Waals surface area contributed by atoms with E-state index in [9.17, 15) is 9.59 Å². The molecular weight excluding hydrogens is 262 g/mol. The van der Waals surface area contributed by atoms with Crippen LogP contribution in [0.25, 0.3) is 0 Å². The molecule has 0 N–H and O–H groups in total. The lowest BCUT2D eigenvalue weighted by Gasteiger charge is -2.08. The minimum absolute atomic E-state index is 0.0911. The summed E-state index contributed by atoms with van der Waals surface area (Å²) in [6.45, 7) is 1.79. The van der Waals surface area contributed by atoms with Crippen molar-refractivity contribution in [2.75, 3.05) is 6.26 Å². The minimum atomic E-state index is -1.18. The lowest BCUT2D eigenvalue weighted by molar-refractivity contribution is -0.121. The fraction of sp³-hybridized carbons (Fsp3) is 0.538. The number of aromatic nitrogens is 2. The van der Waals surface area contributed by atoms with Gasteiger partial charge in [-0.15, -0.1) is 11.8 Å². The summed E-state index contributed by atoms with van der Waals surface area (Å²) >= 11 is 1.53. The number of ketones is 2. The molecule has 1 aromatic heterocycles. The number of rotatable bonds is 6. The number of Topliss-reactive ketones (excluding diaryl/α,β-unsaturated/α-hetero) is 2. The molecular formula is C13H15N3O2S. The molecule has 1 unspecified atom stereocenters. The Morgan fingerprint density at radius 2 is 2.32 bits per heavy atom. The van der Waals surface area contributed by atoms with Crippen LogP contribution in [0.4, 0.5) is 0 Å². The number of nitriles is 1. The van der Waals surface area contributed by atoms with Crippen LogP contribution < -0.4 is 0 Å². The number of hydrogen-bond donors (Lipinski definition) is 0. The van der Waals surface area contributed by atoms with E-state index in [0.29, 0.717) is 17.3 Å². The van der Waals surface area contributed by atoms with Crippen LogP contribution in [0.5, 0.6) is 0 Å². The molecule has 1 heterocycles. The second-order valence-corrected chi connectivity index (χ2v) is 5.53. The van der Waals surface area contributed by atoms with Crippen molar-refractivity contribution in [2.24, 2.45) is 11.8 Å². The summed E-state index contributed by atoms with van der Waals surface area (Å²) in [4.78, 5) is 24.3. The molecule has 0 spiro atoms. The van der Waals surface area contributed by atoms with Crippen molar-refractivity contribution in [1.29, 1.82) is 5.26 Å². The smallest absolute Gasteiger partial charge is 0.205 e. The maximum absolute atomic E-state index is 12.3. The van der Waals surface area contributed by atoms with Crippen LogP contribution in [-0.4, -0.2) is 27.6 Å². The topological polar surface area (TPSA) is 75.8 Å². The quantitative estimate of drug-likeness (QED) is 0.585. The van der Waals surface area contributed by atoms with E-state index in [2.05, 4.69) is 5.10 Å². The first-order chi connectivity index (χ1) is 9.08. The SMILES string of the molecule is CSCn1nc(C)cc1C(=O)C(C#N)C(=O)C1CC1. The number of thioether (sulfide) groups is 1. The maximum Gasteiger partial charge on any atom is 0.205 e. The van der Waals surface area contributed by atoms with E-state index in [0.717, 1.165) is 12.8 Å². The first-order valence-corrected chi connectivity index (χ1v) is 7.48. The molecule has 5 nitrogen and oxygen atoms in total. The van der Waals surface area contributed by atoms with Crippen LogP contribution in [0.3, 0.4) is 0 Å². The van der Waals surface area contributed by atoms with Gasteiger partial charge >= 0.3 is 0 Å². The number of aryl methyl sites for hydroxylation is 1. The maximum atomic E-state index is 12.3. The monoisotopic (exact) mass is 277 g/mol. The van der Waals surface area contributed by atoms with Crippen LogP contribution in [-0.2, 0) is 10.7 Å². The van der Waals surface area contributed by atoms with Gasteiger partial charge in [0, 0.05) is 5.92 Å². The van der Waals surface area contributed by atoms with Crippen molar-refractivity contribution in [3.63, 3.8) is 0 Å². The van der Waals surface area contributed by atoms with E-state index in [4.69, 9.17) is 5.26 Å². The van der Waals surface area contributed by atoms with Crippen molar-refractivity contribution in [3.8, 4) is 6.07 Å². The number of hydrogen-bond acceptors (Lipinski definition) is 5. The lowest BCUT2D eigenvalue weighted by atomic mass is 9.95. The predicted octanol–water partition coefficient (Wildman–Crippen LogP) is 1.81. The lowest BCUT2D eigenvalue weighted by Crippen LogP contribution is -2.26. The zero-order valence-electron chi connectivity index (χ0n) is 10.9. The Bertz CT molecular complexity index is 555. The van der Waals surface area contributed by atoms with Gasteiger partial charge in [0.05, 0.1) is 17.6 Å². The summed E-state index contributed by atoms with van der Waals surface area (Å²) in [7, 11) is 0. The van der Waals surface area contributed by atoms with Crippen LogP contribution in [0.1, 0.15) is 29.0 Å². The highest BCUT2D eigenvalue weighted by Gasteiger charge is 2.39. The summed E-state index contributed by atoms with van der Waals surface area (Å²) < 4.78 is 1.56. The average molecular weight is 277 g/mol. The predicted molar refractivity (Wildman–Crippen MR) is 71.6 cm³/mol. The van der Waals surface area contributed by atoms with Gasteiger partial charge in [-0.1, -0.05) is 0 Å². The molecule has 0 radical (unpaired) electrons. The summed E-state index contributed by atoms with van der Waals surface area (Å²) in [5, 5.41) is 13.3. The molecule has 2 rings (SSSR count). The molecule has 1 aromatic rings. The van der Waals surface area contributed by atoms with Crippen molar-refractivity contribution in [1.82, 2.24) is 9.78 Å². The van der Waals surface area contributed by atoms with Crippen molar-refractivity contribution in [3.05, 3.63) is 17.5 Å². The fourth-order valence-corrected chi connectivity index (χ4v) is 2.41. The van der Waals surface area contributed by atoms with Gasteiger partial charge in [-0.25, -0.2) is 0 Å². The molecule has 100 valence electrons. The van der Waals surface area contributed by atoms with Gasteiger partial charge < -0.3 is 0 Å². The van der Waals surface area contributed by atoms with E-state index in [1.54, 1.807) is 17.7 Å². The van der Waals surface area contributed by atoms with E-state index in [1.165, 1.54) is 11.8 Å². The molecule has 0 saturated heterocycles. The van der Waals surface area contributed by atoms with Crippen molar-refractivity contribution >= 4 is 23.3 Å². The van der Waals surface area contributed by atoms with Gasteiger partial charge in [0.15, 0.2) is 11.7 Å². The van der Waals surface area contributed by atoms with E-state index in [-0.39, 0.29) is 11.7 Å². The zero-order chi connectivity index (χ0) is 14.0. The molecule has 19 heavy (non-hydrogen) atoms. The largest absolute Gasteiger partial charge is 0.297 e. The third kappa shape index (κ3) is 2.87. The molecule has 6 heteroatoms. The molecule has 1 atom stereocenters. The summed E-state index contributed by atoms with van der Waals surface area (Å²) in [6, 6.07) is 3.49. The molecule has 1 saturated carbocycles. The van der Waals surface area contributed by atoms with Gasteiger partial charge in [0.2, 0.25) is 5.78 Å². The van der Waals surface area contributed by atoms with E-state index < -0.39 is 11.7 Å². The summed E-state index contributed by atoms with van der Waals surface area (Å²) in [5.74, 6) is -1.39. The van der Waals surface area contributed by atoms with Crippen LogP contribution in [0, 0.1) is 30.1 Å². The summed E-state index contributed by atoms with van der Waals surface area (Å²) in [6.07, 6.45) is 3.50. The highest BCUT2D eigenvalue weighted by atomic mass is 32.2. The molecule has 0 amide bonds. The Balaban J connectivity index is 2.26. The van der Waals surface area contributed by atoms with Crippen molar-refractivity contribution in [2.45, 2.75) is 25.6 Å². The molecule has 1 aliphatic rings. The normalized spacial score (nSPS) is 15.8. The second kappa shape index (κ2) is 5.57. The minimum Gasteiger partial charge on any atom is -0.297 e. The van der Waals surface area contributed by atoms with Crippen LogP contribution in [0.2, 0.25) is 0 Å². The first-order valence-electron chi connectivity index (χ1n) is 6.09. The Morgan fingerprint density at radius 1 is 1.63 bits per heavy atom. The van der Waals surface area contributed by atoms with E-state index in [1.807, 2.05) is 12.3 Å².